The summed E-state index contributed by atoms with van der Waals surface area (Å²) < 4.78 is 1.97. The molecule has 0 saturated carbocycles. The molecule has 1 aromatic carbocycles. The largest absolute Gasteiger partial charge is 0.307 e. The Bertz CT molecular complexity index is 491. The first-order chi connectivity index (χ1) is 8.66. The summed E-state index contributed by atoms with van der Waals surface area (Å²) in [4.78, 5) is 0. The Hall–Kier alpha value is -1.32. The topological polar surface area (TPSA) is 29.9 Å². The molecular weight excluding hydrogens is 258 g/mol. The molecule has 0 atom stereocenters. The minimum absolute atomic E-state index is 0. The summed E-state index contributed by atoms with van der Waals surface area (Å²) in [5, 5.41) is 7.96. The molecule has 3 nitrogen and oxygen atoms in total. The van der Waals surface area contributed by atoms with Crippen LogP contribution < -0.4 is 5.32 Å². The molecule has 2 rings (SSSR count). The molecule has 0 aliphatic rings. The second-order valence-corrected chi connectivity index (χ2v) is 4.93. The third-order valence-electron chi connectivity index (χ3n) is 3.07. The maximum absolute atomic E-state index is 4.51. The Morgan fingerprint density at radius 3 is 2.42 bits per heavy atom. The number of aryl methyl sites for hydroxylation is 1. The highest BCUT2D eigenvalue weighted by Gasteiger charge is 2.07. The van der Waals surface area contributed by atoms with E-state index in [0.29, 0.717) is 5.92 Å². The second kappa shape index (κ2) is 7.31. The van der Waals surface area contributed by atoms with Crippen LogP contribution in [-0.2, 0) is 20.1 Å². The van der Waals surface area contributed by atoms with Crippen LogP contribution in [-0.4, -0.2) is 9.78 Å². The van der Waals surface area contributed by atoms with E-state index in [-0.39, 0.29) is 12.4 Å². The van der Waals surface area contributed by atoms with Crippen molar-refractivity contribution < 1.29 is 0 Å². The van der Waals surface area contributed by atoms with E-state index in [1.54, 1.807) is 0 Å². The SMILES string of the molecule is CC(C)c1cc(CNCc2ccccc2)n(C)n1.Cl. The number of benzene rings is 1. The summed E-state index contributed by atoms with van der Waals surface area (Å²) in [6, 6.07) is 12.6. The Morgan fingerprint density at radius 2 is 1.84 bits per heavy atom. The van der Waals surface area contributed by atoms with Crippen LogP contribution in [0.5, 0.6) is 0 Å². The lowest BCUT2D eigenvalue weighted by atomic mass is 10.1. The normalized spacial score (nSPS) is 10.5. The van der Waals surface area contributed by atoms with Gasteiger partial charge in [-0.1, -0.05) is 44.2 Å². The average Bonchev–Trinajstić information content (AvgIpc) is 2.73. The summed E-state index contributed by atoms with van der Waals surface area (Å²) in [6.45, 7) is 6.08. The molecule has 19 heavy (non-hydrogen) atoms. The van der Waals surface area contributed by atoms with Crippen molar-refractivity contribution in [3.05, 3.63) is 53.3 Å². The fraction of sp³-hybridized carbons (Fsp3) is 0.400. The van der Waals surface area contributed by atoms with Gasteiger partial charge in [-0.05, 0) is 17.5 Å². The summed E-state index contributed by atoms with van der Waals surface area (Å²) in [6.07, 6.45) is 0. The molecule has 0 unspecified atom stereocenters. The number of hydrogen-bond donors (Lipinski definition) is 1. The molecule has 1 heterocycles. The van der Waals surface area contributed by atoms with Gasteiger partial charge < -0.3 is 5.32 Å². The van der Waals surface area contributed by atoms with Gasteiger partial charge in [0.25, 0.3) is 0 Å². The fourth-order valence-corrected chi connectivity index (χ4v) is 1.91. The number of halogens is 1. The number of hydrogen-bond acceptors (Lipinski definition) is 2. The van der Waals surface area contributed by atoms with Crippen LogP contribution in [0.1, 0.15) is 36.7 Å². The summed E-state index contributed by atoms with van der Waals surface area (Å²) in [7, 11) is 2.01. The van der Waals surface area contributed by atoms with Crippen molar-refractivity contribution in [3.63, 3.8) is 0 Å². The molecular formula is C15H22ClN3. The number of aromatic nitrogens is 2. The van der Waals surface area contributed by atoms with Gasteiger partial charge in [0.2, 0.25) is 0 Å². The highest BCUT2D eigenvalue weighted by atomic mass is 35.5. The summed E-state index contributed by atoms with van der Waals surface area (Å²) >= 11 is 0. The van der Waals surface area contributed by atoms with Crippen molar-refractivity contribution in [3.8, 4) is 0 Å². The highest BCUT2D eigenvalue weighted by molar-refractivity contribution is 5.85. The zero-order valence-corrected chi connectivity index (χ0v) is 12.6. The molecule has 0 amide bonds. The van der Waals surface area contributed by atoms with E-state index in [0.717, 1.165) is 18.8 Å². The van der Waals surface area contributed by atoms with Crippen molar-refractivity contribution in [2.24, 2.45) is 7.05 Å². The van der Waals surface area contributed by atoms with Gasteiger partial charge in [0.15, 0.2) is 0 Å². The van der Waals surface area contributed by atoms with Crippen LogP contribution in [0.4, 0.5) is 0 Å². The summed E-state index contributed by atoms with van der Waals surface area (Å²) in [5.41, 5.74) is 3.70. The predicted octanol–water partition coefficient (Wildman–Crippen LogP) is 3.26. The molecule has 0 radical (unpaired) electrons. The van der Waals surface area contributed by atoms with E-state index in [2.05, 4.69) is 54.6 Å². The molecule has 0 saturated heterocycles. The van der Waals surface area contributed by atoms with E-state index in [9.17, 15) is 0 Å². The third-order valence-corrected chi connectivity index (χ3v) is 3.07. The van der Waals surface area contributed by atoms with E-state index in [4.69, 9.17) is 0 Å². The lowest BCUT2D eigenvalue weighted by Crippen LogP contribution is -2.15. The maximum Gasteiger partial charge on any atom is 0.0653 e. The predicted molar refractivity (Wildman–Crippen MR) is 81.5 cm³/mol. The van der Waals surface area contributed by atoms with Crippen LogP contribution >= 0.6 is 12.4 Å². The molecule has 2 aromatic rings. The molecule has 0 aliphatic heterocycles. The molecule has 4 heteroatoms. The first-order valence-corrected chi connectivity index (χ1v) is 6.44. The smallest absolute Gasteiger partial charge is 0.0653 e. The standard InChI is InChI=1S/C15H21N3.ClH/c1-12(2)15-9-14(18(3)17-15)11-16-10-13-7-5-4-6-8-13;/h4-9,12,16H,10-11H2,1-3H3;1H. The fourth-order valence-electron chi connectivity index (χ4n) is 1.91. The van der Waals surface area contributed by atoms with Crippen molar-refractivity contribution in [2.45, 2.75) is 32.9 Å². The molecule has 0 fully saturated rings. The number of nitrogens with zero attached hydrogens (tertiary/aromatic N) is 2. The van der Waals surface area contributed by atoms with E-state index in [1.807, 2.05) is 17.8 Å². The highest BCUT2D eigenvalue weighted by Crippen LogP contribution is 2.13. The van der Waals surface area contributed by atoms with Crippen LogP contribution in [0.25, 0.3) is 0 Å². The number of nitrogens with one attached hydrogen (secondary N) is 1. The maximum atomic E-state index is 4.51. The Kier molecular flexibility index (Phi) is 6.06. The Balaban J connectivity index is 0.00000180. The zero-order valence-electron chi connectivity index (χ0n) is 11.8. The number of rotatable bonds is 5. The van der Waals surface area contributed by atoms with Crippen LogP contribution in [0.3, 0.4) is 0 Å². The van der Waals surface area contributed by atoms with E-state index in [1.165, 1.54) is 11.3 Å². The molecule has 0 spiro atoms. The van der Waals surface area contributed by atoms with Gasteiger partial charge in [0.1, 0.15) is 0 Å². The van der Waals surface area contributed by atoms with Crippen LogP contribution in [0.15, 0.2) is 36.4 Å². The second-order valence-electron chi connectivity index (χ2n) is 4.93. The quantitative estimate of drug-likeness (QED) is 0.910. The van der Waals surface area contributed by atoms with Gasteiger partial charge >= 0.3 is 0 Å². The monoisotopic (exact) mass is 279 g/mol. The Morgan fingerprint density at radius 1 is 1.16 bits per heavy atom. The average molecular weight is 280 g/mol. The van der Waals surface area contributed by atoms with Gasteiger partial charge in [0, 0.05) is 20.1 Å². The van der Waals surface area contributed by atoms with Crippen molar-refractivity contribution in [1.82, 2.24) is 15.1 Å². The molecule has 0 aliphatic carbocycles. The van der Waals surface area contributed by atoms with Gasteiger partial charge in [-0.15, -0.1) is 12.4 Å². The lowest BCUT2D eigenvalue weighted by Gasteiger charge is -2.04. The lowest BCUT2D eigenvalue weighted by molar-refractivity contribution is 0.620. The molecule has 1 aromatic heterocycles. The third kappa shape index (κ3) is 4.37. The van der Waals surface area contributed by atoms with Gasteiger partial charge in [0.05, 0.1) is 11.4 Å². The minimum Gasteiger partial charge on any atom is -0.307 e. The van der Waals surface area contributed by atoms with E-state index >= 15 is 0 Å². The van der Waals surface area contributed by atoms with Crippen molar-refractivity contribution in [1.29, 1.82) is 0 Å². The Labute approximate surface area is 121 Å². The van der Waals surface area contributed by atoms with Crippen LogP contribution in [0, 0.1) is 0 Å². The van der Waals surface area contributed by atoms with Crippen LogP contribution in [0.2, 0.25) is 0 Å². The molecule has 0 bridgehead atoms. The minimum atomic E-state index is 0. The molecule has 104 valence electrons. The van der Waals surface area contributed by atoms with E-state index < -0.39 is 0 Å². The van der Waals surface area contributed by atoms with Gasteiger partial charge in [-0.3, -0.25) is 4.68 Å². The first-order valence-electron chi connectivity index (χ1n) is 6.44. The van der Waals surface area contributed by atoms with Crippen molar-refractivity contribution in [2.75, 3.05) is 0 Å². The first kappa shape index (κ1) is 15.7. The summed E-state index contributed by atoms with van der Waals surface area (Å²) in [5.74, 6) is 0.485. The van der Waals surface area contributed by atoms with Crippen molar-refractivity contribution >= 4 is 12.4 Å². The zero-order chi connectivity index (χ0) is 13.0. The van der Waals surface area contributed by atoms with Gasteiger partial charge in [-0.2, -0.15) is 5.10 Å². The van der Waals surface area contributed by atoms with Gasteiger partial charge in [-0.25, -0.2) is 0 Å². The molecule has 1 N–H and O–H groups in total.